The standard InChI is InChI=1S/C33H28N4O3S2/c1-4-30(31(38)37-33-36-28(20-41-33)22-13-9-6-10-14-22)42-32-26(19-34)24(18-27(35-32)21-11-7-5-8-12-21)25-17-23(39-2)15-16-29(25)40-3/h5-18,20,30H,4H2,1-3H3,(H,36,37,38). The maximum atomic E-state index is 13.5. The van der Waals surface area contributed by atoms with Crippen molar-refractivity contribution in [2.24, 2.45) is 0 Å². The number of rotatable bonds is 10. The van der Waals surface area contributed by atoms with E-state index < -0.39 is 5.25 Å². The van der Waals surface area contributed by atoms with Gasteiger partial charge in [0.25, 0.3) is 0 Å². The Morgan fingerprint density at radius 3 is 2.24 bits per heavy atom. The summed E-state index contributed by atoms with van der Waals surface area (Å²) >= 11 is 2.65. The quantitative estimate of drug-likeness (QED) is 0.164. The molecule has 0 saturated heterocycles. The number of methoxy groups -OCH3 is 2. The minimum atomic E-state index is -0.514. The Hall–Kier alpha value is -4.65. The lowest BCUT2D eigenvalue weighted by Crippen LogP contribution is -2.24. The number of hydrogen-bond donors (Lipinski definition) is 1. The highest BCUT2D eigenvalue weighted by atomic mass is 32.2. The number of nitrogens with one attached hydrogen (secondary N) is 1. The van der Waals surface area contributed by atoms with E-state index in [0.29, 0.717) is 50.5 Å². The molecule has 1 amide bonds. The number of thioether (sulfide) groups is 1. The first-order chi connectivity index (χ1) is 20.5. The van der Waals surface area contributed by atoms with Gasteiger partial charge in [-0.3, -0.25) is 4.79 Å². The van der Waals surface area contributed by atoms with Gasteiger partial charge in [-0.25, -0.2) is 9.97 Å². The number of nitrogens with zero attached hydrogens (tertiary/aromatic N) is 3. The van der Waals surface area contributed by atoms with Crippen LogP contribution in [0, 0.1) is 11.3 Å². The molecule has 0 bridgehead atoms. The Morgan fingerprint density at radius 2 is 1.62 bits per heavy atom. The first-order valence-electron chi connectivity index (χ1n) is 13.3. The monoisotopic (exact) mass is 592 g/mol. The molecule has 0 radical (unpaired) electrons. The van der Waals surface area contributed by atoms with Gasteiger partial charge in [0, 0.05) is 27.6 Å². The topological polar surface area (TPSA) is 97.1 Å². The fourth-order valence-electron chi connectivity index (χ4n) is 4.42. The predicted molar refractivity (Wildman–Crippen MR) is 169 cm³/mol. The average molecular weight is 593 g/mol. The summed E-state index contributed by atoms with van der Waals surface area (Å²) in [6.07, 6.45) is 0.521. The van der Waals surface area contributed by atoms with Crippen LogP contribution in [0.25, 0.3) is 33.6 Å². The van der Waals surface area contributed by atoms with Crippen molar-refractivity contribution < 1.29 is 14.3 Å². The third-order valence-electron chi connectivity index (χ3n) is 6.59. The highest BCUT2D eigenvalue weighted by molar-refractivity contribution is 8.00. The highest BCUT2D eigenvalue weighted by Crippen LogP contribution is 2.41. The summed E-state index contributed by atoms with van der Waals surface area (Å²) in [5, 5.41) is 15.8. The normalized spacial score (nSPS) is 11.4. The molecule has 7 nitrogen and oxygen atoms in total. The number of anilines is 1. The van der Waals surface area contributed by atoms with E-state index in [1.54, 1.807) is 14.2 Å². The van der Waals surface area contributed by atoms with E-state index in [1.807, 2.05) is 97.2 Å². The number of aromatic nitrogens is 2. The fraction of sp³-hybridized carbons (Fsp3) is 0.152. The summed E-state index contributed by atoms with van der Waals surface area (Å²) < 4.78 is 11.1. The summed E-state index contributed by atoms with van der Waals surface area (Å²) in [7, 11) is 3.18. The number of ether oxygens (including phenoxy) is 2. The van der Waals surface area contributed by atoms with Crippen molar-refractivity contribution in [1.82, 2.24) is 9.97 Å². The van der Waals surface area contributed by atoms with Gasteiger partial charge in [0.2, 0.25) is 5.91 Å². The van der Waals surface area contributed by atoms with Gasteiger partial charge in [0.15, 0.2) is 5.13 Å². The SMILES string of the molecule is CCC(Sc1nc(-c2ccccc2)cc(-c2cc(OC)ccc2OC)c1C#N)C(=O)Nc1nc(-c2ccccc2)cs1. The van der Waals surface area contributed by atoms with Gasteiger partial charge in [-0.2, -0.15) is 5.26 Å². The number of amides is 1. The van der Waals surface area contributed by atoms with Crippen LogP contribution in [0.3, 0.4) is 0 Å². The van der Waals surface area contributed by atoms with Crippen molar-refractivity contribution in [1.29, 1.82) is 5.26 Å². The molecule has 5 rings (SSSR count). The molecule has 0 aliphatic rings. The van der Waals surface area contributed by atoms with Crippen LogP contribution >= 0.6 is 23.1 Å². The van der Waals surface area contributed by atoms with Crippen molar-refractivity contribution in [2.45, 2.75) is 23.6 Å². The third kappa shape index (κ3) is 6.30. The lowest BCUT2D eigenvalue weighted by molar-refractivity contribution is -0.115. The zero-order valence-electron chi connectivity index (χ0n) is 23.3. The van der Waals surface area contributed by atoms with Crippen molar-refractivity contribution in [3.63, 3.8) is 0 Å². The number of benzene rings is 3. The number of thiazole rings is 1. The number of nitriles is 1. The van der Waals surface area contributed by atoms with E-state index >= 15 is 0 Å². The van der Waals surface area contributed by atoms with Gasteiger partial charge in [-0.1, -0.05) is 79.3 Å². The van der Waals surface area contributed by atoms with E-state index in [9.17, 15) is 10.1 Å². The molecule has 9 heteroatoms. The fourth-order valence-corrected chi connectivity index (χ4v) is 6.17. The second-order valence-corrected chi connectivity index (χ2v) is 11.2. The molecule has 0 spiro atoms. The molecular weight excluding hydrogens is 565 g/mol. The molecule has 0 aliphatic carbocycles. The van der Waals surface area contributed by atoms with Crippen LogP contribution in [-0.2, 0) is 4.79 Å². The predicted octanol–water partition coefficient (Wildman–Crippen LogP) is 7.94. The molecule has 2 heterocycles. The summed E-state index contributed by atoms with van der Waals surface area (Å²) in [4.78, 5) is 23.0. The van der Waals surface area contributed by atoms with Gasteiger partial charge in [-0.15, -0.1) is 11.3 Å². The van der Waals surface area contributed by atoms with Crippen LogP contribution in [0.5, 0.6) is 11.5 Å². The van der Waals surface area contributed by atoms with Crippen LogP contribution in [0.15, 0.2) is 95.3 Å². The first-order valence-corrected chi connectivity index (χ1v) is 15.0. The summed E-state index contributed by atoms with van der Waals surface area (Å²) in [6, 6.07) is 29.3. The molecule has 42 heavy (non-hydrogen) atoms. The zero-order chi connectivity index (χ0) is 29.5. The number of carbonyl (C=O) groups excluding carboxylic acids is 1. The van der Waals surface area contributed by atoms with E-state index in [2.05, 4.69) is 16.4 Å². The molecule has 210 valence electrons. The smallest absolute Gasteiger partial charge is 0.239 e. The third-order valence-corrected chi connectivity index (χ3v) is 8.69. The van der Waals surface area contributed by atoms with Crippen LogP contribution in [-0.4, -0.2) is 35.3 Å². The Labute approximate surface area is 253 Å². The van der Waals surface area contributed by atoms with E-state index in [-0.39, 0.29) is 5.91 Å². The van der Waals surface area contributed by atoms with Gasteiger partial charge < -0.3 is 14.8 Å². The number of hydrogen-bond acceptors (Lipinski definition) is 8. The van der Waals surface area contributed by atoms with Gasteiger partial charge >= 0.3 is 0 Å². The Kier molecular flexibility index (Phi) is 9.17. The highest BCUT2D eigenvalue weighted by Gasteiger charge is 2.25. The van der Waals surface area contributed by atoms with Gasteiger partial charge in [0.1, 0.15) is 22.6 Å². The second kappa shape index (κ2) is 13.3. The molecule has 0 aliphatic heterocycles. The van der Waals surface area contributed by atoms with Crippen molar-refractivity contribution >= 4 is 34.1 Å². The van der Waals surface area contributed by atoms with Crippen LogP contribution in [0.1, 0.15) is 18.9 Å². The molecule has 0 fully saturated rings. The van der Waals surface area contributed by atoms with E-state index in [4.69, 9.17) is 14.5 Å². The Bertz CT molecular complexity index is 1730. The van der Waals surface area contributed by atoms with E-state index in [1.165, 1.54) is 23.1 Å². The molecule has 0 saturated carbocycles. The zero-order valence-corrected chi connectivity index (χ0v) is 25.0. The lowest BCUT2D eigenvalue weighted by atomic mass is 9.98. The summed E-state index contributed by atoms with van der Waals surface area (Å²) in [6.45, 7) is 1.94. The second-order valence-electron chi connectivity index (χ2n) is 9.19. The average Bonchev–Trinajstić information content (AvgIpc) is 3.52. The van der Waals surface area contributed by atoms with Gasteiger partial charge in [0.05, 0.1) is 36.4 Å². The maximum Gasteiger partial charge on any atom is 0.239 e. The molecule has 1 atom stereocenters. The first kappa shape index (κ1) is 28.9. The maximum absolute atomic E-state index is 13.5. The molecule has 2 aromatic heterocycles. The Balaban J connectivity index is 1.52. The number of carbonyl (C=O) groups is 1. The molecule has 3 aromatic carbocycles. The minimum Gasteiger partial charge on any atom is -0.497 e. The largest absolute Gasteiger partial charge is 0.497 e. The van der Waals surface area contributed by atoms with Crippen LogP contribution in [0.4, 0.5) is 5.13 Å². The molecule has 1 N–H and O–H groups in total. The minimum absolute atomic E-state index is 0.201. The molecule has 1 unspecified atom stereocenters. The Morgan fingerprint density at radius 1 is 0.929 bits per heavy atom. The van der Waals surface area contributed by atoms with Crippen molar-refractivity contribution in [2.75, 3.05) is 19.5 Å². The molecule has 5 aromatic rings. The van der Waals surface area contributed by atoms with Crippen molar-refractivity contribution in [3.05, 3.63) is 95.9 Å². The summed E-state index contributed by atoms with van der Waals surface area (Å²) in [5.41, 5.74) is 5.06. The van der Waals surface area contributed by atoms with Crippen LogP contribution in [0.2, 0.25) is 0 Å². The van der Waals surface area contributed by atoms with E-state index in [0.717, 1.165) is 16.8 Å². The van der Waals surface area contributed by atoms with Crippen LogP contribution < -0.4 is 14.8 Å². The summed E-state index contributed by atoms with van der Waals surface area (Å²) in [5.74, 6) is 1.02. The number of pyridine rings is 1. The molecular formula is C33H28N4O3S2. The van der Waals surface area contributed by atoms with Gasteiger partial charge in [-0.05, 0) is 30.7 Å². The lowest BCUT2D eigenvalue weighted by Gasteiger charge is -2.18. The van der Waals surface area contributed by atoms with Crippen molar-refractivity contribution in [3.8, 4) is 51.2 Å².